The summed E-state index contributed by atoms with van der Waals surface area (Å²) in [6.07, 6.45) is -4.53. The highest BCUT2D eigenvalue weighted by atomic mass is 19.4. The molecule has 2 heterocycles. The van der Waals surface area contributed by atoms with Gasteiger partial charge in [-0.05, 0) is 28.8 Å². The van der Waals surface area contributed by atoms with Gasteiger partial charge in [-0.1, -0.05) is 36.4 Å². The van der Waals surface area contributed by atoms with Crippen molar-refractivity contribution in [2.45, 2.75) is 37.8 Å². The molecule has 1 aliphatic rings. The summed E-state index contributed by atoms with van der Waals surface area (Å²) < 4.78 is 68.4. The Morgan fingerprint density at radius 1 is 1.06 bits per heavy atom. The van der Waals surface area contributed by atoms with Gasteiger partial charge in [0.05, 0.1) is 24.6 Å². The molecule has 0 radical (unpaired) electrons. The summed E-state index contributed by atoms with van der Waals surface area (Å²) >= 11 is 0. The first-order valence-corrected chi connectivity index (χ1v) is 10.8. The van der Waals surface area contributed by atoms with Crippen molar-refractivity contribution < 1.29 is 26.7 Å². The number of anilines is 2. The first-order chi connectivity index (χ1) is 16.6. The SMILES string of the molecule is NC(=O)Cc1ccc(CNc2ncnc(N3C[C@H](F)C[C@@H]3c3ccc(C(F)(F)F)cc3)c2F)cc1. The van der Waals surface area contributed by atoms with E-state index in [-0.39, 0.29) is 37.6 Å². The van der Waals surface area contributed by atoms with Crippen molar-refractivity contribution in [1.29, 1.82) is 0 Å². The van der Waals surface area contributed by atoms with E-state index in [1.165, 1.54) is 17.0 Å². The smallest absolute Gasteiger partial charge is 0.369 e. The number of carbonyl (C=O) groups is 1. The van der Waals surface area contributed by atoms with E-state index in [2.05, 4.69) is 15.3 Å². The zero-order valence-corrected chi connectivity index (χ0v) is 18.4. The van der Waals surface area contributed by atoms with Crippen LogP contribution >= 0.6 is 0 Å². The van der Waals surface area contributed by atoms with Crippen LogP contribution in [0.15, 0.2) is 54.9 Å². The van der Waals surface area contributed by atoms with Gasteiger partial charge in [-0.15, -0.1) is 0 Å². The number of halogens is 5. The molecule has 2 aromatic carbocycles. The largest absolute Gasteiger partial charge is 0.416 e. The lowest BCUT2D eigenvalue weighted by Crippen LogP contribution is -2.26. The lowest BCUT2D eigenvalue weighted by atomic mass is 10.0. The molecular weight excluding hydrogens is 469 g/mol. The molecule has 0 bridgehead atoms. The summed E-state index contributed by atoms with van der Waals surface area (Å²) in [4.78, 5) is 20.3. The molecule has 1 fully saturated rings. The predicted octanol–water partition coefficient (Wildman–Crippen LogP) is 4.56. The Kier molecular flexibility index (Phi) is 6.86. The van der Waals surface area contributed by atoms with Crippen LogP contribution in [0.3, 0.4) is 0 Å². The molecule has 0 unspecified atom stereocenters. The van der Waals surface area contributed by atoms with Crippen molar-refractivity contribution >= 4 is 17.5 Å². The molecule has 3 N–H and O–H groups in total. The molecule has 184 valence electrons. The summed E-state index contributed by atoms with van der Waals surface area (Å²) in [5.41, 5.74) is 6.34. The van der Waals surface area contributed by atoms with Gasteiger partial charge < -0.3 is 16.0 Å². The van der Waals surface area contributed by atoms with Crippen LogP contribution in [0.1, 0.15) is 34.7 Å². The second-order valence-corrected chi connectivity index (χ2v) is 8.29. The molecule has 3 aromatic rings. The number of carbonyl (C=O) groups excluding carboxylic acids is 1. The lowest BCUT2D eigenvalue weighted by molar-refractivity contribution is -0.137. The maximum atomic E-state index is 15.3. The molecule has 2 atom stereocenters. The van der Waals surface area contributed by atoms with Crippen LogP contribution in [0, 0.1) is 5.82 Å². The molecule has 35 heavy (non-hydrogen) atoms. The fourth-order valence-corrected chi connectivity index (χ4v) is 4.08. The van der Waals surface area contributed by atoms with Crippen molar-refractivity contribution in [3.8, 4) is 0 Å². The normalized spacial score (nSPS) is 18.0. The maximum absolute atomic E-state index is 15.3. The summed E-state index contributed by atoms with van der Waals surface area (Å²) in [5.74, 6) is -1.46. The third kappa shape index (κ3) is 5.67. The highest BCUT2D eigenvalue weighted by molar-refractivity contribution is 5.76. The Hall–Kier alpha value is -3.76. The number of nitrogens with two attached hydrogens (primary N) is 1. The highest BCUT2D eigenvalue weighted by Gasteiger charge is 2.37. The van der Waals surface area contributed by atoms with Gasteiger partial charge in [-0.2, -0.15) is 17.6 Å². The Balaban J connectivity index is 1.52. The average molecular weight is 491 g/mol. The van der Waals surface area contributed by atoms with Gasteiger partial charge in [-0.3, -0.25) is 4.79 Å². The van der Waals surface area contributed by atoms with Crippen molar-refractivity contribution in [3.05, 3.63) is 82.9 Å². The third-order valence-electron chi connectivity index (χ3n) is 5.78. The number of rotatable bonds is 7. The Bertz CT molecular complexity index is 1180. The van der Waals surface area contributed by atoms with Gasteiger partial charge in [0.2, 0.25) is 11.7 Å². The molecule has 1 aliphatic heterocycles. The molecule has 1 aromatic heterocycles. The van der Waals surface area contributed by atoms with Gasteiger partial charge in [0.15, 0.2) is 11.6 Å². The second-order valence-electron chi connectivity index (χ2n) is 8.29. The van der Waals surface area contributed by atoms with Gasteiger partial charge in [-0.25, -0.2) is 14.4 Å². The van der Waals surface area contributed by atoms with Crippen LogP contribution < -0.4 is 16.0 Å². The number of hydrogen-bond donors (Lipinski definition) is 2. The number of alkyl halides is 4. The monoisotopic (exact) mass is 491 g/mol. The minimum atomic E-state index is -4.49. The fraction of sp³-hybridized carbons (Fsp3) is 0.292. The Morgan fingerprint density at radius 3 is 2.34 bits per heavy atom. The minimum Gasteiger partial charge on any atom is -0.369 e. The predicted molar refractivity (Wildman–Crippen MR) is 120 cm³/mol. The van der Waals surface area contributed by atoms with Gasteiger partial charge in [0, 0.05) is 13.0 Å². The van der Waals surface area contributed by atoms with Crippen molar-refractivity contribution in [3.63, 3.8) is 0 Å². The molecule has 0 saturated carbocycles. The molecule has 6 nitrogen and oxygen atoms in total. The fourth-order valence-electron chi connectivity index (χ4n) is 4.08. The third-order valence-corrected chi connectivity index (χ3v) is 5.78. The molecule has 1 saturated heterocycles. The van der Waals surface area contributed by atoms with Crippen LogP contribution in [0.5, 0.6) is 0 Å². The summed E-state index contributed by atoms with van der Waals surface area (Å²) in [6.45, 7) is 0.0681. The van der Waals surface area contributed by atoms with Crippen LogP contribution in [0.25, 0.3) is 0 Å². The standard InChI is InChI=1S/C24H22F5N5O/c25-18-10-19(16-5-7-17(8-6-16)24(27,28)29)34(12-18)23-21(26)22(32-13-33-23)31-11-15-3-1-14(2-4-15)9-20(30)35/h1-8,13,18-19H,9-12H2,(H2,30,35)(H,31,32,33)/t18-,19-/m1/s1. The minimum absolute atomic E-state index is 0.00474. The Labute approximate surface area is 198 Å². The van der Waals surface area contributed by atoms with E-state index in [0.717, 1.165) is 29.6 Å². The quantitative estimate of drug-likeness (QED) is 0.474. The first kappa shape index (κ1) is 24.4. The number of nitrogens with zero attached hydrogens (tertiary/aromatic N) is 3. The van der Waals surface area contributed by atoms with E-state index in [1.807, 2.05) is 0 Å². The lowest BCUT2D eigenvalue weighted by Gasteiger charge is -2.26. The Morgan fingerprint density at radius 2 is 1.71 bits per heavy atom. The van der Waals surface area contributed by atoms with E-state index >= 15 is 4.39 Å². The van der Waals surface area contributed by atoms with Crippen molar-refractivity contribution in [2.75, 3.05) is 16.8 Å². The van der Waals surface area contributed by atoms with E-state index in [4.69, 9.17) is 5.73 Å². The summed E-state index contributed by atoms with van der Waals surface area (Å²) in [6, 6.07) is 10.7. The van der Waals surface area contributed by atoms with Gasteiger partial charge in [0.25, 0.3) is 0 Å². The van der Waals surface area contributed by atoms with Gasteiger partial charge >= 0.3 is 6.18 Å². The van der Waals surface area contributed by atoms with Crippen LogP contribution in [-0.4, -0.2) is 28.6 Å². The summed E-state index contributed by atoms with van der Waals surface area (Å²) in [5, 5.41) is 2.88. The molecule has 4 rings (SSSR count). The number of benzene rings is 2. The van der Waals surface area contributed by atoms with E-state index in [9.17, 15) is 22.4 Å². The molecular formula is C24H22F5N5O. The van der Waals surface area contributed by atoms with Crippen LogP contribution in [-0.2, 0) is 23.9 Å². The van der Waals surface area contributed by atoms with E-state index < -0.39 is 35.7 Å². The second kappa shape index (κ2) is 9.85. The molecule has 0 spiro atoms. The maximum Gasteiger partial charge on any atom is 0.416 e. The van der Waals surface area contributed by atoms with Crippen LogP contribution in [0.2, 0.25) is 0 Å². The van der Waals surface area contributed by atoms with Crippen molar-refractivity contribution in [2.24, 2.45) is 5.73 Å². The van der Waals surface area contributed by atoms with E-state index in [1.54, 1.807) is 24.3 Å². The number of aromatic nitrogens is 2. The van der Waals surface area contributed by atoms with Crippen LogP contribution in [0.4, 0.5) is 33.6 Å². The number of nitrogens with one attached hydrogen (secondary N) is 1. The zero-order valence-electron chi connectivity index (χ0n) is 18.4. The number of amides is 1. The molecule has 1 amide bonds. The topological polar surface area (TPSA) is 84.1 Å². The molecule has 11 heteroatoms. The van der Waals surface area contributed by atoms with E-state index in [0.29, 0.717) is 5.56 Å². The zero-order chi connectivity index (χ0) is 25.2. The first-order valence-electron chi connectivity index (χ1n) is 10.8. The highest BCUT2D eigenvalue weighted by Crippen LogP contribution is 2.39. The molecule has 0 aliphatic carbocycles. The average Bonchev–Trinajstić information content (AvgIpc) is 3.20. The number of primary amides is 1. The van der Waals surface area contributed by atoms with Crippen molar-refractivity contribution in [1.82, 2.24) is 9.97 Å². The number of hydrogen-bond acceptors (Lipinski definition) is 5. The van der Waals surface area contributed by atoms with Gasteiger partial charge in [0.1, 0.15) is 12.5 Å². The summed E-state index contributed by atoms with van der Waals surface area (Å²) in [7, 11) is 0.